The van der Waals surface area contributed by atoms with Gasteiger partial charge in [0.2, 0.25) is 0 Å². The lowest BCUT2D eigenvalue weighted by Crippen LogP contribution is -2.39. The quantitative estimate of drug-likeness (QED) is 0.640. The number of aromatic nitrogens is 5. The maximum Gasteiger partial charge on any atom is 0.273 e. The van der Waals surface area contributed by atoms with Crippen LogP contribution in [0.5, 0.6) is 0 Å². The topological polar surface area (TPSA) is 97.9 Å². The zero-order valence-electron chi connectivity index (χ0n) is 16.8. The van der Waals surface area contributed by atoms with Gasteiger partial charge in [-0.15, -0.1) is 5.10 Å². The number of likely N-dealkylation sites (tertiary alicyclic amines) is 1. The highest BCUT2D eigenvalue weighted by atomic mass is 19.3. The van der Waals surface area contributed by atoms with Crippen molar-refractivity contribution in [1.29, 1.82) is 0 Å². The highest BCUT2D eigenvalue weighted by Gasteiger charge is 2.47. The molecule has 0 saturated carbocycles. The maximum atomic E-state index is 14.1. The van der Waals surface area contributed by atoms with Crippen LogP contribution in [0.2, 0.25) is 0 Å². The third-order valence-electron chi connectivity index (χ3n) is 5.14. The summed E-state index contributed by atoms with van der Waals surface area (Å²) in [6, 6.07) is 8.59. The second kappa shape index (κ2) is 8.25. The first-order valence-electron chi connectivity index (χ1n) is 9.70. The van der Waals surface area contributed by atoms with Crippen molar-refractivity contribution in [3.63, 3.8) is 0 Å². The van der Waals surface area contributed by atoms with Gasteiger partial charge in [-0.25, -0.2) is 18.4 Å². The van der Waals surface area contributed by atoms with E-state index in [-0.39, 0.29) is 17.9 Å². The molecular weight excluding hydrogens is 408 g/mol. The van der Waals surface area contributed by atoms with Gasteiger partial charge >= 0.3 is 0 Å². The minimum Gasteiger partial charge on any atom is -0.347 e. The Labute approximate surface area is 176 Å². The Bertz CT molecular complexity index is 1080. The summed E-state index contributed by atoms with van der Waals surface area (Å²) < 4.78 is 31.0. The van der Waals surface area contributed by atoms with Gasteiger partial charge in [0.05, 0.1) is 37.9 Å². The molecule has 1 N–H and O–H groups in total. The fourth-order valence-corrected chi connectivity index (χ4v) is 3.59. The lowest BCUT2D eigenvalue weighted by molar-refractivity contribution is 0.0116. The van der Waals surface area contributed by atoms with Gasteiger partial charge in [0, 0.05) is 20.0 Å². The van der Waals surface area contributed by atoms with Crippen LogP contribution in [0, 0.1) is 0 Å². The Morgan fingerprint density at radius 2 is 2.03 bits per heavy atom. The smallest absolute Gasteiger partial charge is 0.273 e. The standard InChI is InChI=1S/C20H21F2N7O2/c1-27-13-23-9-17(27)19(31)29-12-20(21,22)7-15(29)10-28-11-16(25-26-28)18(30)24-8-14-5-3-2-4-6-14/h2-6,9,11,13,15H,7-8,10,12H2,1H3,(H,24,30)/t15-/m0/s1. The molecular formula is C20H21F2N7O2. The second-order valence-electron chi connectivity index (χ2n) is 7.53. The largest absolute Gasteiger partial charge is 0.347 e. The third kappa shape index (κ3) is 4.60. The van der Waals surface area contributed by atoms with Gasteiger partial charge in [0.25, 0.3) is 17.7 Å². The molecule has 3 heterocycles. The van der Waals surface area contributed by atoms with Gasteiger partial charge in [-0.3, -0.25) is 9.59 Å². The van der Waals surface area contributed by atoms with E-state index in [0.29, 0.717) is 6.54 Å². The summed E-state index contributed by atoms with van der Waals surface area (Å²) in [6.07, 6.45) is 3.68. The number of halogens is 2. The Hall–Kier alpha value is -3.63. The molecule has 1 fully saturated rings. The SMILES string of the molecule is Cn1cncc1C(=O)N1CC(F)(F)C[C@H]1Cn1cc(C(=O)NCc2ccccc2)nn1. The second-order valence-corrected chi connectivity index (χ2v) is 7.53. The first kappa shape index (κ1) is 20.6. The number of hydrogen-bond acceptors (Lipinski definition) is 5. The molecule has 11 heteroatoms. The fraction of sp³-hybridized carbons (Fsp3) is 0.350. The molecule has 0 radical (unpaired) electrons. The molecule has 31 heavy (non-hydrogen) atoms. The average molecular weight is 429 g/mol. The van der Waals surface area contributed by atoms with E-state index in [1.165, 1.54) is 28.0 Å². The molecule has 9 nitrogen and oxygen atoms in total. The van der Waals surface area contributed by atoms with Crippen molar-refractivity contribution in [1.82, 2.24) is 34.8 Å². The minimum absolute atomic E-state index is 0.00184. The van der Waals surface area contributed by atoms with Crippen molar-refractivity contribution in [2.75, 3.05) is 6.54 Å². The summed E-state index contributed by atoms with van der Waals surface area (Å²) in [7, 11) is 1.63. The first-order valence-corrected chi connectivity index (χ1v) is 9.70. The summed E-state index contributed by atoms with van der Waals surface area (Å²) in [5.41, 5.74) is 1.23. The number of alkyl halides is 2. The molecule has 2 amide bonds. The van der Waals surface area contributed by atoms with Gasteiger partial charge < -0.3 is 14.8 Å². The van der Waals surface area contributed by atoms with Crippen molar-refractivity contribution in [2.45, 2.75) is 31.5 Å². The van der Waals surface area contributed by atoms with Crippen LogP contribution in [0.25, 0.3) is 0 Å². The van der Waals surface area contributed by atoms with Gasteiger partial charge in [0.15, 0.2) is 5.69 Å². The van der Waals surface area contributed by atoms with E-state index in [0.717, 1.165) is 10.5 Å². The normalized spacial score (nSPS) is 17.6. The van der Waals surface area contributed by atoms with Crippen LogP contribution >= 0.6 is 0 Å². The van der Waals surface area contributed by atoms with Crippen molar-refractivity contribution >= 4 is 11.8 Å². The number of hydrogen-bond donors (Lipinski definition) is 1. The van der Waals surface area contributed by atoms with E-state index in [2.05, 4.69) is 20.6 Å². The van der Waals surface area contributed by atoms with E-state index in [9.17, 15) is 18.4 Å². The van der Waals surface area contributed by atoms with Crippen LogP contribution in [0.3, 0.4) is 0 Å². The molecule has 0 aliphatic carbocycles. The van der Waals surface area contributed by atoms with Crippen molar-refractivity contribution in [3.05, 3.63) is 66.0 Å². The number of nitrogens with one attached hydrogen (secondary N) is 1. The molecule has 1 aromatic carbocycles. The van der Waals surface area contributed by atoms with Crippen LogP contribution in [0.1, 0.15) is 33.0 Å². The number of nitrogens with zero attached hydrogens (tertiary/aromatic N) is 6. The number of imidazole rings is 1. The van der Waals surface area contributed by atoms with E-state index >= 15 is 0 Å². The third-order valence-corrected chi connectivity index (χ3v) is 5.14. The molecule has 4 rings (SSSR count). The average Bonchev–Trinajstić information content (AvgIpc) is 3.45. The number of rotatable bonds is 6. The summed E-state index contributed by atoms with van der Waals surface area (Å²) in [6.45, 7) is -0.354. The molecule has 1 aliphatic rings. The zero-order valence-corrected chi connectivity index (χ0v) is 16.8. The monoisotopic (exact) mass is 429 g/mol. The van der Waals surface area contributed by atoms with Crippen LogP contribution in [0.4, 0.5) is 8.78 Å². The Morgan fingerprint density at radius 3 is 2.74 bits per heavy atom. The molecule has 0 unspecified atom stereocenters. The summed E-state index contributed by atoms with van der Waals surface area (Å²) in [4.78, 5) is 30.1. The molecule has 2 aromatic heterocycles. The number of amides is 2. The van der Waals surface area contributed by atoms with Gasteiger partial charge in [0.1, 0.15) is 5.69 Å². The Morgan fingerprint density at radius 1 is 1.26 bits per heavy atom. The molecule has 162 valence electrons. The maximum absolute atomic E-state index is 14.1. The van der Waals surface area contributed by atoms with E-state index in [1.807, 2.05) is 30.3 Å². The summed E-state index contributed by atoms with van der Waals surface area (Å²) in [5, 5.41) is 10.5. The number of carbonyl (C=O) groups excluding carboxylic acids is 2. The minimum atomic E-state index is -3.00. The molecule has 1 aliphatic heterocycles. The lowest BCUT2D eigenvalue weighted by atomic mass is 10.2. The van der Waals surface area contributed by atoms with E-state index < -0.39 is 36.7 Å². The summed E-state index contributed by atoms with van der Waals surface area (Å²) in [5.74, 6) is -3.95. The van der Waals surface area contributed by atoms with Crippen LogP contribution in [-0.2, 0) is 20.1 Å². The Kier molecular flexibility index (Phi) is 5.49. The number of carbonyl (C=O) groups is 2. The molecule has 3 aromatic rings. The number of benzene rings is 1. The summed E-state index contributed by atoms with van der Waals surface area (Å²) >= 11 is 0. The molecule has 1 saturated heterocycles. The van der Waals surface area contributed by atoms with Crippen LogP contribution in [-0.4, -0.2) is 59.8 Å². The predicted molar refractivity (Wildman–Crippen MR) is 105 cm³/mol. The highest BCUT2D eigenvalue weighted by molar-refractivity contribution is 5.93. The first-order chi connectivity index (χ1) is 14.8. The van der Waals surface area contributed by atoms with E-state index in [4.69, 9.17) is 0 Å². The van der Waals surface area contributed by atoms with Gasteiger partial charge in [-0.05, 0) is 5.56 Å². The molecule has 0 spiro atoms. The Balaban J connectivity index is 1.43. The van der Waals surface area contributed by atoms with Crippen LogP contribution in [0.15, 0.2) is 49.1 Å². The van der Waals surface area contributed by atoms with E-state index in [1.54, 1.807) is 7.05 Å². The molecule has 1 atom stereocenters. The zero-order chi connectivity index (χ0) is 22.0. The van der Waals surface area contributed by atoms with Crippen molar-refractivity contribution in [2.24, 2.45) is 7.05 Å². The molecule has 0 bridgehead atoms. The fourth-order valence-electron chi connectivity index (χ4n) is 3.59. The van der Waals surface area contributed by atoms with Gasteiger partial charge in [-0.1, -0.05) is 35.5 Å². The van der Waals surface area contributed by atoms with Crippen molar-refractivity contribution in [3.8, 4) is 0 Å². The van der Waals surface area contributed by atoms with Crippen LogP contribution < -0.4 is 5.32 Å². The lowest BCUT2D eigenvalue weighted by Gasteiger charge is -2.23. The highest BCUT2D eigenvalue weighted by Crippen LogP contribution is 2.33. The number of aryl methyl sites for hydroxylation is 1. The van der Waals surface area contributed by atoms with Crippen molar-refractivity contribution < 1.29 is 18.4 Å². The van der Waals surface area contributed by atoms with Gasteiger partial charge in [-0.2, -0.15) is 0 Å². The predicted octanol–water partition coefficient (Wildman–Crippen LogP) is 1.49.